The maximum atomic E-state index is 13.1. The Morgan fingerprint density at radius 2 is 1.75 bits per heavy atom. The van der Waals surface area contributed by atoms with Crippen LogP contribution in [0.2, 0.25) is 0 Å². The SMILES string of the molecule is O=S(=O)(F)Cc1cccc(C(F)(F)F)c1F. The molecule has 1 aromatic carbocycles. The van der Waals surface area contributed by atoms with Gasteiger partial charge in [0.1, 0.15) is 11.6 Å². The van der Waals surface area contributed by atoms with E-state index in [2.05, 4.69) is 0 Å². The summed E-state index contributed by atoms with van der Waals surface area (Å²) in [5.41, 5.74) is -2.47. The zero-order valence-corrected chi connectivity index (χ0v) is 8.37. The second kappa shape index (κ2) is 4.00. The smallest absolute Gasteiger partial charge is 0.206 e. The first-order valence-electron chi connectivity index (χ1n) is 3.88. The average molecular weight is 260 g/mol. The summed E-state index contributed by atoms with van der Waals surface area (Å²) in [6.07, 6.45) is -4.94. The van der Waals surface area contributed by atoms with Crippen molar-refractivity contribution in [2.24, 2.45) is 0 Å². The summed E-state index contributed by atoms with van der Waals surface area (Å²) in [5, 5.41) is 0. The Balaban J connectivity index is 3.25. The van der Waals surface area contributed by atoms with Crippen molar-refractivity contribution in [3.05, 3.63) is 35.1 Å². The highest BCUT2D eigenvalue weighted by Gasteiger charge is 2.35. The molecule has 0 aromatic heterocycles. The first-order chi connectivity index (χ1) is 7.11. The summed E-state index contributed by atoms with van der Waals surface area (Å²) >= 11 is 0. The second-order valence-corrected chi connectivity index (χ2v) is 4.33. The third-order valence-electron chi connectivity index (χ3n) is 1.71. The minimum atomic E-state index is -5.07. The molecule has 0 radical (unpaired) electrons. The van der Waals surface area contributed by atoms with E-state index < -0.39 is 39.1 Å². The van der Waals surface area contributed by atoms with Crippen molar-refractivity contribution >= 4 is 10.2 Å². The maximum Gasteiger partial charge on any atom is 0.419 e. The van der Waals surface area contributed by atoms with Gasteiger partial charge in [0.25, 0.3) is 0 Å². The fourth-order valence-electron chi connectivity index (χ4n) is 1.10. The molecule has 0 N–H and O–H groups in total. The summed E-state index contributed by atoms with van der Waals surface area (Å²) in [7, 11) is -5.07. The van der Waals surface area contributed by atoms with Crippen LogP contribution in [0.4, 0.5) is 21.4 Å². The van der Waals surface area contributed by atoms with Crippen LogP contribution in [0.1, 0.15) is 11.1 Å². The number of hydrogen-bond donors (Lipinski definition) is 0. The highest BCUT2D eigenvalue weighted by Crippen LogP contribution is 2.32. The van der Waals surface area contributed by atoms with E-state index in [1.807, 2.05) is 0 Å². The van der Waals surface area contributed by atoms with Crippen molar-refractivity contribution < 1.29 is 29.9 Å². The van der Waals surface area contributed by atoms with Gasteiger partial charge in [0, 0.05) is 5.56 Å². The monoisotopic (exact) mass is 260 g/mol. The fourth-order valence-corrected chi connectivity index (χ4v) is 1.69. The van der Waals surface area contributed by atoms with Gasteiger partial charge in [-0.3, -0.25) is 0 Å². The zero-order chi connectivity index (χ0) is 12.6. The Morgan fingerprint density at radius 3 is 2.19 bits per heavy atom. The number of halogens is 5. The molecule has 0 aliphatic rings. The molecule has 1 rings (SSSR count). The van der Waals surface area contributed by atoms with Crippen LogP contribution in [0.25, 0.3) is 0 Å². The fraction of sp³-hybridized carbons (Fsp3) is 0.250. The average Bonchev–Trinajstić information content (AvgIpc) is 2.04. The summed E-state index contributed by atoms with van der Waals surface area (Å²) in [6, 6.07) is 2.04. The molecular formula is C8H5F5O2S. The third kappa shape index (κ3) is 3.16. The van der Waals surface area contributed by atoms with E-state index in [0.717, 1.165) is 12.1 Å². The van der Waals surface area contributed by atoms with Crippen LogP contribution in [0.5, 0.6) is 0 Å². The Kier molecular flexibility index (Phi) is 3.22. The van der Waals surface area contributed by atoms with Gasteiger partial charge >= 0.3 is 16.4 Å². The lowest BCUT2D eigenvalue weighted by atomic mass is 10.1. The minimum absolute atomic E-state index is 0.448. The van der Waals surface area contributed by atoms with Crippen LogP contribution in [0, 0.1) is 5.82 Å². The topological polar surface area (TPSA) is 34.1 Å². The molecule has 0 spiro atoms. The molecule has 8 heteroatoms. The van der Waals surface area contributed by atoms with E-state index >= 15 is 0 Å². The van der Waals surface area contributed by atoms with Crippen molar-refractivity contribution in [3.63, 3.8) is 0 Å². The summed E-state index contributed by atoms with van der Waals surface area (Å²) in [5.74, 6) is -3.18. The third-order valence-corrected chi connectivity index (χ3v) is 2.37. The predicted octanol–water partition coefficient (Wildman–Crippen LogP) is 2.64. The van der Waals surface area contributed by atoms with Crippen molar-refractivity contribution in [1.29, 1.82) is 0 Å². The van der Waals surface area contributed by atoms with Gasteiger partial charge in [-0.05, 0) is 6.07 Å². The molecule has 0 heterocycles. The molecule has 0 saturated heterocycles. The molecule has 16 heavy (non-hydrogen) atoms. The molecule has 0 aliphatic heterocycles. The summed E-state index contributed by atoms with van der Waals surface area (Å²) in [6.45, 7) is 0. The zero-order valence-electron chi connectivity index (χ0n) is 7.55. The van der Waals surface area contributed by atoms with E-state index in [1.165, 1.54) is 0 Å². The van der Waals surface area contributed by atoms with E-state index in [9.17, 15) is 29.9 Å². The Morgan fingerprint density at radius 1 is 1.19 bits per heavy atom. The lowest BCUT2D eigenvalue weighted by Gasteiger charge is -2.09. The largest absolute Gasteiger partial charge is 0.419 e. The molecule has 0 amide bonds. The number of hydrogen-bond acceptors (Lipinski definition) is 2. The van der Waals surface area contributed by atoms with Crippen molar-refractivity contribution in [2.45, 2.75) is 11.9 Å². The molecule has 0 atom stereocenters. The van der Waals surface area contributed by atoms with E-state index in [1.54, 1.807) is 0 Å². The first-order valence-corrected chi connectivity index (χ1v) is 5.43. The van der Waals surface area contributed by atoms with Crippen molar-refractivity contribution in [2.75, 3.05) is 0 Å². The van der Waals surface area contributed by atoms with E-state index in [0.29, 0.717) is 6.07 Å². The first kappa shape index (κ1) is 12.9. The second-order valence-electron chi connectivity index (χ2n) is 2.96. The van der Waals surface area contributed by atoms with Crippen LogP contribution in [0.15, 0.2) is 18.2 Å². The molecule has 0 aliphatic carbocycles. The van der Waals surface area contributed by atoms with Crippen LogP contribution in [-0.4, -0.2) is 8.42 Å². The molecule has 0 fully saturated rings. The predicted molar refractivity (Wildman–Crippen MR) is 45.1 cm³/mol. The van der Waals surface area contributed by atoms with Crippen LogP contribution >= 0.6 is 0 Å². The normalized spacial score (nSPS) is 12.8. The van der Waals surface area contributed by atoms with Gasteiger partial charge in [0.2, 0.25) is 0 Å². The number of rotatable bonds is 2. The Hall–Kier alpha value is -1.18. The van der Waals surface area contributed by atoms with E-state index in [-0.39, 0.29) is 0 Å². The molecule has 2 nitrogen and oxygen atoms in total. The Bertz CT molecular complexity index is 492. The van der Waals surface area contributed by atoms with Crippen LogP contribution in [0.3, 0.4) is 0 Å². The highest BCUT2D eigenvalue weighted by atomic mass is 32.3. The molecule has 1 aromatic rings. The van der Waals surface area contributed by atoms with Gasteiger partial charge in [-0.1, -0.05) is 12.1 Å². The van der Waals surface area contributed by atoms with Crippen LogP contribution in [-0.2, 0) is 22.2 Å². The van der Waals surface area contributed by atoms with Crippen molar-refractivity contribution in [1.82, 2.24) is 0 Å². The summed E-state index contributed by atoms with van der Waals surface area (Å²) in [4.78, 5) is 0. The quantitative estimate of drug-likeness (QED) is 0.605. The molecule has 0 bridgehead atoms. The maximum absolute atomic E-state index is 13.1. The minimum Gasteiger partial charge on any atom is -0.206 e. The van der Waals surface area contributed by atoms with Gasteiger partial charge in [-0.2, -0.15) is 21.6 Å². The number of benzene rings is 1. The number of alkyl halides is 3. The van der Waals surface area contributed by atoms with E-state index in [4.69, 9.17) is 0 Å². The highest BCUT2D eigenvalue weighted by molar-refractivity contribution is 7.85. The van der Waals surface area contributed by atoms with Crippen LogP contribution < -0.4 is 0 Å². The molecule has 90 valence electrons. The molecule has 0 unspecified atom stereocenters. The standard InChI is InChI=1S/C8H5F5O2S/c9-7-5(4-16(13,14)15)2-1-3-6(7)8(10,11)12/h1-3H,4H2. The van der Waals surface area contributed by atoms with Gasteiger partial charge in [0.15, 0.2) is 0 Å². The lowest BCUT2D eigenvalue weighted by molar-refractivity contribution is -0.140. The van der Waals surface area contributed by atoms with Gasteiger partial charge in [-0.25, -0.2) is 4.39 Å². The van der Waals surface area contributed by atoms with Gasteiger partial charge in [-0.15, -0.1) is 3.89 Å². The lowest BCUT2D eigenvalue weighted by Crippen LogP contribution is -2.11. The molecule has 0 saturated carbocycles. The molecular weight excluding hydrogens is 255 g/mol. The Labute approximate surface area is 87.9 Å². The van der Waals surface area contributed by atoms with Crippen molar-refractivity contribution in [3.8, 4) is 0 Å². The van der Waals surface area contributed by atoms with Gasteiger partial charge < -0.3 is 0 Å². The summed E-state index contributed by atoms with van der Waals surface area (Å²) < 4.78 is 82.3. The van der Waals surface area contributed by atoms with Gasteiger partial charge in [0.05, 0.1) is 5.56 Å².